The smallest absolute Gasteiger partial charge is 0.0108 e. The third-order valence-electron chi connectivity index (χ3n) is 3.17. The minimum absolute atomic E-state index is 0.365. The highest BCUT2D eigenvalue weighted by Gasteiger charge is 2.24. The van der Waals surface area contributed by atoms with Gasteiger partial charge in [-0.1, -0.05) is 43.3 Å². The maximum absolute atomic E-state index is 6.06. The molecule has 1 fully saturated rings. The number of nitrogens with two attached hydrogens (primary N) is 1. The molecule has 74 valence electrons. The van der Waals surface area contributed by atoms with Gasteiger partial charge < -0.3 is 5.73 Å². The Morgan fingerprint density at radius 2 is 1.93 bits per heavy atom. The summed E-state index contributed by atoms with van der Waals surface area (Å²) >= 11 is 0. The van der Waals surface area contributed by atoms with Gasteiger partial charge in [0.15, 0.2) is 0 Å². The molecule has 2 N–H and O–H groups in total. The van der Waals surface area contributed by atoms with Crippen molar-refractivity contribution in [1.82, 2.24) is 0 Å². The predicted octanol–water partition coefficient (Wildman–Crippen LogP) is 2.92. The summed E-state index contributed by atoms with van der Waals surface area (Å²) in [5, 5.41) is 0. The van der Waals surface area contributed by atoms with E-state index < -0.39 is 0 Å². The van der Waals surface area contributed by atoms with Crippen molar-refractivity contribution in [1.29, 1.82) is 0 Å². The lowest BCUT2D eigenvalue weighted by Gasteiger charge is -2.15. The van der Waals surface area contributed by atoms with Crippen molar-refractivity contribution in [2.45, 2.75) is 31.2 Å². The fourth-order valence-electron chi connectivity index (χ4n) is 2.28. The molecule has 2 unspecified atom stereocenters. The molecule has 0 saturated heterocycles. The molecule has 1 aromatic rings. The summed E-state index contributed by atoms with van der Waals surface area (Å²) in [7, 11) is 0. The van der Waals surface area contributed by atoms with Gasteiger partial charge in [-0.05, 0) is 29.9 Å². The van der Waals surface area contributed by atoms with Crippen molar-refractivity contribution in [2.24, 2.45) is 5.73 Å². The number of benzene rings is 1. The fourth-order valence-corrected chi connectivity index (χ4v) is 2.28. The normalized spacial score (nSPS) is 26.4. The van der Waals surface area contributed by atoms with Gasteiger partial charge >= 0.3 is 0 Å². The molecule has 2 rings (SSSR count). The molecule has 0 aliphatic heterocycles. The average Bonchev–Trinajstić information content (AvgIpc) is 2.65. The highest BCUT2D eigenvalue weighted by molar-refractivity contribution is 5.47. The minimum Gasteiger partial charge on any atom is -0.327 e. The highest BCUT2D eigenvalue weighted by atomic mass is 14.7. The molecule has 1 heteroatoms. The van der Waals surface area contributed by atoms with E-state index in [1.165, 1.54) is 30.4 Å². The molecule has 14 heavy (non-hydrogen) atoms. The zero-order valence-corrected chi connectivity index (χ0v) is 8.45. The molecular weight excluding hydrogens is 170 g/mol. The van der Waals surface area contributed by atoms with Crippen LogP contribution < -0.4 is 5.73 Å². The van der Waals surface area contributed by atoms with Gasteiger partial charge in [-0.3, -0.25) is 0 Å². The SMILES string of the molecule is C=Cc1ccc(C2CCCC2N)cc1. The quantitative estimate of drug-likeness (QED) is 0.757. The van der Waals surface area contributed by atoms with E-state index in [1.54, 1.807) is 0 Å². The van der Waals surface area contributed by atoms with Crippen LogP contribution >= 0.6 is 0 Å². The largest absolute Gasteiger partial charge is 0.327 e. The van der Waals surface area contributed by atoms with E-state index in [-0.39, 0.29) is 0 Å². The Kier molecular flexibility index (Phi) is 2.69. The molecule has 1 aliphatic rings. The molecule has 1 aromatic carbocycles. The summed E-state index contributed by atoms with van der Waals surface area (Å²) in [4.78, 5) is 0. The predicted molar refractivity (Wildman–Crippen MR) is 61.1 cm³/mol. The zero-order chi connectivity index (χ0) is 9.97. The topological polar surface area (TPSA) is 26.0 Å². The summed E-state index contributed by atoms with van der Waals surface area (Å²) < 4.78 is 0. The second-order valence-corrected chi connectivity index (χ2v) is 4.07. The van der Waals surface area contributed by atoms with E-state index >= 15 is 0 Å². The highest BCUT2D eigenvalue weighted by Crippen LogP contribution is 2.33. The summed E-state index contributed by atoms with van der Waals surface area (Å²) in [5.41, 5.74) is 8.63. The minimum atomic E-state index is 0.365. The molecule has 1 nitrogen and oxygen atoms in total. The van der Waals surface area contributed by atoms with Gasteiger partial charge in [0, 0.05) is 6.04 Å². The van der Waals surface area contributed by atoms with E-state index in [4.69, 9.17) is 5.73 Å². The zero-order valence-electron chi connectivity index (χ0n) is 8.45. The van der Waals surface area contributed by atoms with Crippen molar-refractivity contribution in [2.75, 3.05) is 0 Å². The molecule has 0 amide bonds. The molecule has 0 aromatic heterocycles. The second-order valence-electron chi connectivity index (χ2n) is 4.07. The second kappa shape index (κ2) is 3.97. The third-order valence-corrected chi connectivity index (χ3v) is 3.17. The van der Waals surface area contributed by atoms with Gasteiger partial charge in [-0.2, -0.15) is 0 Å². The Morgan fingerprint density at radius 1 is 1.21 bits per heavy atom. The first-order valence-electron chi connectivity index (χ1n) is 5.29. The molecule has 0 spiro atoms. The Balaban J connectivity index is 2.19. The van der Waals surface area contributed by atoms with Crippen LogP contribution in [0.4, 0.5) is 0 Å². The third kappa shape index (κ3) is 1.73. The first kappa shape index (κ1) is 9.47. The van der Waals surface area contributed by atoms with Crippen LogP contribution in [0.5, 0.6) is 0 Å². The van der Waals surface area contributed by atoms with E-state index in [0.29, 0.717) is 12.0 Å². The maximum atomic E-state index is 6.06. The van der Waals surface area contributed by atoms with E-state index in [0.717, 1.165) is 0 Å². The summed E-state index contributed by atoms with van der Waals surface area (Å²) in [5.74, 6) is 0.578. The fraction of sp³-hybridized carbons (Fsp3) is 0.385. The molecule has 1 saturated carbocycles. The maximum Gasteiger partial charge on any atom is 0.0108 e. The number of hydrogen-bond acceptors (Lipinski definition) is 1. The summed E-state index contributed by atoms with van der Waals surface area (Å²) in [6.07, 6.45) is 5.57. The van der Waals surface area contributed by atoms with Crippen molar-refractivity contribution >= 4 is 6.08 Å². The lowest BCUT2D eigenvalue weighted by atomic mass is 9.94. The molecular formula is C13H17N. The number of hydrogen-bond donors (Lipinski definition) is 1. The van der Waals surface area contributed by atoms with Crippen LogP contribution in [0.25, 0.3) is 6.08 Å². The monoisotopic (exact) mass is 187 g/mol. The van der Waals surface area contributed by atoms with Crippen molar-refractivity contribution in [3.63, 3.8) is 0 Å². The van der Waals surface area contributed by atoms with Crippen LogP contribution in [-0.2, 0) is 0 Å². The van der Waals surface area contributed by atoms with Crippen LogP contribution in [0.2, 0.25) is 0 Å². The lowest BCUT2D eigenvalue weighted by Crippen LogP contribution is -2.22. The number of rotatable bonds is 2. The van der Waals surface area contributed by atoms with Gasteiger partial charge in [0.25, 0.3) is 0 Å². The van der Waals surface area contributed by atoms with Gasteiger partial charge in [0.1, 0.15) is 0 Å². The first-order chi connectivity index (χ1) is 6.81. The Labute approximate surface area is 85.6 Å². The summed E-state index contributed by atoms with van der Waals surface area (Å²) in [6, 6.07) is 8.98. The average molecular weight is 187 g/mol. The standard InChI is InChI=1S/C13H17N/c1-2-10-6-8-11(9-7-10)12-4-3-5-13(12)14/h2,6-9,12-13H,1,3-5,14H2. The molecule has 0 bridgehead atoms. The van der Waals surface area contributed by atoms with Crippen LogP contribution in [0.15, 0.2) is 30.8 Å². The molecule has 1 aliphatic carbocycles. The van der Waals surface area contributed by atoms with Crippen molar-refractivity contribution in [3.05, 3.63) is 42.0 Å². The Morgan fingerprint density at radius 3 is 2.43 bits per heavy atom. The molecule has 2 atom stereocenters. The molecule has 0 radical (unpaired) electrons. The van der Waals surface area contributed by atoms with Gasteiger partial charge in [-0.15, -0.1) is 0 Å². The van der Waals surface area contributed by atoms with E-state index in [2.05, 4.69) is 30.8 Å². The molecule has 0 heterocycles. The van der Waals surface area contributed by atoms with Crippen LogP contribution in [0, 0.1) is 0 Å². The van der Waals surface area contributed by atoms with E-state index in [9.17, 15) is 0 Å². The van der Waals surface area contributed by atoms with Crippen LogP contribution in [-0.4, -0.2) is 6.04 Å². The van der Waals surface area contributed by atoms with Gasteiger partial charge in [0.05, 0.1) is 0 Å². The summed E-state index contributed by atoms with van der Waals surface area (Å²) in [6.45, 7) is 3.75. The van der Waals surface area contributed by atoms with Gasteiger partial charge in [-0.25, -0.2) is 0 Å². The van der Waals surface area contributed by atoms with Crippen molar-refractivity contribution in [3.8, 4) is 0 Å². The van der Waals surface area contributed by atoms with Crippen molar-refractivity contribution < 1.29 is 0 Å². The van der Waals surface area contributed by atoms with Crippen LogP contribution in [0.1, 0.15) is 36.3 Å². The Hall–Kier alpha value is -1.08. The van der Waals surface area contributed by atoms with Gasteiger partial charge in [0.2, 0.25) is 0 Å². The Bertz CT molecular complexity index is 313. The van der Waals surface area contributed by atoms with E-state index in [1.807, 2.05) is 6.08 Å². The lowest BCUT2D eigenvalue weighted by molar-refractivity contribution is 0.613. The van der Waals surface area contributed by atoms with Crippen LogP contribution in [0.3, 0.4) is 0 Å². The first-order valence-corrected chi connectivity index (χ1v) is 5.29.